The van der Waals surface area contributed by atoms with Crippen LogP contribution in [0.25, 0.3) is 4.96 Å². The van der Waals surface area contributed by atoms with Crippen LogP contribution >= 0.6 is 23.1 Å². The predicted molar refractivity (Wildman–Crippen MR) is 128 cm³/mol. The summed E-state index contributed by atoms with van der Waals surface area (Å²) in [5.74, 6) is 1.13. The van der Waals surface area contributed by atoms with E-state index in [0.29, 0.717) is 33.4 Å². The summed E-state index contributed by atoms with van der Waals surface area (Å²) in [6.07, 6.45) is 0. The SMILES string of the molecule is COc1cccc(C(=O)Nc2ccccc2SCc2cc(=O)n3nc(C(C)C)sc3n2)c1. The van der Waals surface area contributed by atoms with Gasteiger partial charge in [0.2, 0.25) is 4.96 Å². The van der Waals surface area contributed by atoms with Gasteiger partial charge in [0.1, 0.15) is 10.8 Å². The average molecular weight is 467 g/mol. The smallest absolute Gasteiger partial charge is 0.275 e. The first kappa shape index (κ1) is 22.0. The van der Waals surface area contributed by atoms with Crippen LogP contribution in [0.1, 0.15) is 40.8 Å². The number of carbonyl (C=O) groups excluding carboxylic acids is 1. The fourth-order valence-corrected chi connectivity index (χ4v) is 4.81. The summed E-state index contributed by atoms with van der Waals surface area (Å²) in [6, 6.07) is 16.1. The Morgan fingerprint density at radius 1 is 1.19 bits per heavy atom. The van der Waals surface area contributed by atoms with Crippen LogP contribution in [-0.4, -0.2) is 27.6 Å². The van der Waals surface area contributed by atoms with Crippen molar-refractivity contribution in [3.05, 3.63) is 81.2 Å². The van der Waals surface area contributed by atoms with Crippen molar-refractivity contribution in [2.24, 2.45) is 0 Å². The topological polar surface area (TPSA) is 85.6 Å². The number of thioether (sulfide) groups is 1. The molecule has 4 aromatic rings. The van der Waals surface area contributed by atoms with Crippen molar-refractivity contribution in [2.45, 2.75) is 30.4 Å². The third-order valence-corrected chi connectivity index (χ3v) is 6.97. The number of aromatic nitrogens is 3. The normalized spacial score (nSPS) is 11.1. The minimum absolute atomic E-state index is 0.187. The van der Waals surface area contributed by atoms with Crippen molar-refractivity contribution in [3.63, 3.8) is 0 Å². The van der Waals surface area contributed by atoms with Crippen LogP contribution in [0.4, 0.5) is 5.69 Å². The molecule has 2 heterocycles. The number of rotatable bonds is 7. The number of methoxy groups -OCH3 is 1. The van der Waals surface area contributed by atoms with E-state index in [1.807, 2.05) is 38.1 Å². The van der Waals surface area contributed by atoms with Crippen LogP contribution in [0, 0.1) is 0 Å². The molecule has 9 heteroatoms. The van der Waals surface area contributed by atoms with Crippen molar-refractivity contribution in [1.82, 2.24) is 14.6 Å². The standard InChI is InChI=1S/C23H22N4O3S2/c1-14(2)22-26-27-20(28)12-16(24-23(27)32-22)13-31-19-10-5-4-9-18(19)25-21(29)15-7-6-8-17(11-15)30-3/h4-12,14H,13H2,1-3H3,(H,25,29). The molecule has 0 saturated carbocycles. The highest BCUT2D eigenvalue weighted by atomic mass is 32.2. The minimum atomic E-state index is -0.222. The molecule has 0 fully saturated rings. The lowest BCUT2D eigenvalue weighted by atomic mass is 10.2. The Labute approximate surface area is 193 Å². The largest absolute Gasteiger partial charge is 0.497 e. The van der Waals surface area contributed by atoms with Crippen molar-refractivity contribution in [3.8, 4) is 5.75 Å². The first-order chi connectivity index (χ1) is 15.4. The van der Waals surface area contributed by atoms with Gasteiger partial charge in [0.15, 0.2) is 0 Å². The average Bonchev–Trinajstić information content (AvgIpc) is 3.24. The second-order valence-electron chi connectivity index (χ2n) is 7.35. The number of nitrogens with one attached hydrogen (secondary N) is 1. The second kappa shape index (κ2) is 9.54. The molecule has 2 aromatic heterocycles. The Bertz CT molecular complexity index is 1330. The minimum Gasteiger partial charge on any atom is -0.497 e. The molecular formula is C23H22N4O3S2. The van der Waals surface area contributed by atoms with Crippen LogP contribution in [0.2, 0.25) is 0 Å². The summed E-state index contributed by atoms with van der Waals surface area (Å²) in [4.78, 5) is 31.3. The first-order valence-corrected chi connectivity index (χ1v) is 11.8. The number of carbonyl (C=O) groups is 1. The lowest BCUT2D eigenvalue weighted by molar-refractivity contribution is 0.102. The van der Waals surface area contributed by atoms with Crippen LogP contribution in [0.15, 0.2) is 64.3 Å². The first-order valence-electron chi connectivity index (χ1n) is 10.0. The maximum Gasteiger partial charge on any atom is 0.275 e. The monoisotopic (exact) mass is 466 g/mol. The maximum absolute atomic E-state index is 12.7. The molecule has 0 unspecified atom stereocenters. The van der Waals surface area contributed by atoms with Gasteiger partial charge >= 0.3 is 0 Å². The van der Waals surface area contributed by atoms with Gasteiger partial charge in [-0.2, -0.15) is 9.61 Å². The van der Waals surface area contributed by atoms with Crippen molar-refractivity contribution < 1.29 is 9.53 Å². The molecule has 0 radical (unpaired) electrons. The number of amides is 1. The zero-order chi connectivity index (χ0) is 22.7. The van der Waals surface area contributed by atoms with E-state index >= 15 is 0 Å². The lowest BCUT2D eigenvalue weighted by Gasteiger charge is -2.11. The number of para-hydroxylation sites is 1. The van der Waals surface area contributed by atoms with E-state index in [1.54, 1.807) is 31.4 Å². The molecular weight excluding hydrogens is 444 g/mol. The van der Waals surface area contributed by atoms with E-state index < -0.39 is 0 Å². The molecule has 0 aliphatic carbocycles. The van der Waals surface area contributed by atoms with Gasteiger partial charge in [-0.3, -0.25) is 9.59 Å². The van der Waals surface area contributed by atoms with E-state index in [1.165, 1.54) is 33.7 Å². The Kier molecular flexibility index (Phi) is 6.57. The van der Waals surface area contributed by atoms with E-state index in [-0.39, 0.29) is 17.4 Å². The van der Waals surface area contributed by atoms with E-state index in [2.05, 4.69) is 15.4 Å². The Hall–Kier alpha value is -3.17. The Morgan fingerprint density at radius 2 is 2.00 bits per heavy atom. The molecule has 32 heavy (non-hydrogen) atoms. The zero-order valence-corrected chi connectivity index (χ0v) is 19.5. The van der Waals surface area contributed by atoms with Crippen molar-refractivity contribution in [1.29, 1.82) is 0 Å². The number of anilines is 1. The Morgan fingerprint density at radius 3 is 2.78 bits per heavy atom. The van der Waals surface area contributed by atoms with E-state index in [9.17, 15) is 9.59 Å². The number of benzene rings is 2. The number of nitrogens with zero attached hydrogens (tertiary/aromatic N) is 3. The predicted octanol–water partition coefficient (Wildman–Crippen LogP) is 4.83. The highest BCUT2D eigenvalue weighted by Gasteiger charge is 2.13. The van der Waals surface area contributed by atoms with Crippen molar-refractivity contribution >= 4 is 39.7 Å². The van der Waals surface area contributed by atoms with Gasteiger partial charge in [0.05, 0.1) is 18.5 Å². The quantitative estimate of drug-likeness (QED) is 0.393. The Balaban J connectivity index is 1.52. The van der Waals surface area contributed by atoms with Crippen LogP contribution in [-0.2, 0) is 5.75 Å². The second-order valence-corrected chi connectivity index (χ2v) is 9.35. The summed E-state index contributed by atoms with van der Waals surface area (Å²) >= 11 is 2.94. The van der Waals surface area contributed by atoms with Gasteiger partial charge in [-0.05, 0) is 30.3 Å². The molecule has 0 atom stereocenters. The van der Waals surface area contributed by atoms with Crippen molar-refractivity contribution in [2.75, 3.05) is 12.4 Å². The number of hydrogen-bond donors (Lipinski definition) is 1. The zero-order valence-electron chi connectivity index (χ0n) is 17.9. The lowest BCUT2D eigenvalue weighted by Crippen LogP contribution is -2.15. The molecule has 1 N–H and O–H groups in total. The summed E-state index contributed by atoms with van der Waals surface area (Å²) in [5.41, 5.74) is 1.69. The molecule has 1 amide bonds. The molecule has 4 rings (SSSR count). The van der Waals surface area contributed by atoms with Gasteiger partial charge < -0.3 is 10.1 Å². The molecule has 0 spiro atoms. The fourth-order valence-electron chi connectivity index (χ4n) is 2.98. The van der Waals surface area contributed by atoms with Gasteiger partial charge in [-0.15, -0.1) is 11.8 Å². The molecule has 164 valence electrons. The summed E-state index contributed by atoms with van der Waals surface area (Å²) < 4.78 is 6.56. The molecule has 0 saturated heterocycles. The third-order valence-electron chi connectivity index (χ3n) is 4.65. The molecule has 7 nitrogen and oxygen atoms in total. The van der Waals surface area contributed by atoms with E-state index in [0.717, 1.165) is 9.90 Å². The summed E-state index contributed by atoms with van der Waals surface area (Å²) in [7, 11) is 1.57. The van der Waals surface area contributed by atoms with Crippen LogP contribution in [0.5, 0.6) is 5.75 Å². The molecule has 0 aliphatic heterocycles. The third kappa shape index (κ3) is 4.84. The number of fused-ring (bicyclic) bond motifs is 1. The molecule has 0 aliphatic rings. The maximum atomic E-state index is 12.7. The highest BCUT2D eigenvalue weighted by molar-refractivity contribution is 7.98. The summed E-state index contributed by atoms with van der Waals surface area (Å²) in [6.45, 7) is 4.08. The van der Waals surface area contributed by atoms with Gasteiger partial charge in [0, 0.05) is 28.2 Å². The molecule has 0 bridgehead atoms. The van der Waals surface area contributed by atoms with Gasteiger partial charge in [-0.1, -0.05) is 43.4 Å². The number of hydrogen-bond acceptors (Lipinski definition) is 7. The van der Waals surface area contributed by atoms with Gasteiger partial charge in [-0.25, -0.2) is 4.98 Å². The van der Waals surface area contributed by atoms with Crippen LogP contribution in [0.3, 0.4) is 0 Å². The van der Waals surface area contributed by atoms with Gasteiger partial charge in [0.25, 0.3) is 11.5 Å². The fraction of sp³-hybridized carbons (Fsp3) is 0.217. The highest BCUT2D eigenvalue weighted by Crippen LogP contribution is 2.30. The van der Waals surface area contributed by atoms with E-state index in [4.69, 9.17) is 4.74 Å². The summed E-state index contributed by atoms with van der Waals surface area (Å²) in [5, 5.41) is 8.20. The molecule has 2 aromatic carbocycles. The number of ether oxygens (including phenoxy) is 1. The van der Waals surface area contributed by atoms with Crippen LogP contribution < -0.4 is 15.6 Å².